The Kier molecular flexibility index (Phi) is 6.78. The van der Waals surface area contributed by atoms with Gasteiger partial charge < -0.3 is 0 Å². The highest BCUT2D eigenvalue weighted by molar-refractivity contribution is 7.89. The van der Waals surface area contributed by atoms with Gasteiger partial charge in [-0.15, -0.1) is 11.3 Å². The molecule has 2 saturated heterocycles. The van der Waals surface area contributed by atoms with Crippen LogP contribution in [0.15, 0.2) is 58.3 Å². The van der Waals surface area contributed by atoms with Crippen molar-refractivity contribution in [3.63, 3.8) is 0 Å². The third-order valence-corrected chi connectivity index (χ3v) is 12.0. The van der Waals surface area contributed by atoms with Crippen molar-refractivity contribution in [3.8, 4) is 0 Å². The van der Waals surface area contributed by atoms with E-state index in [-0.39, 0.29) is 15.7 Å². The molecule has 5 rings (SSSR count). The van der Waals surface area contributed by atoms with Crippen LogP contribution in [-0.4, -0.2) is 56.6 Å². The summed E-state index contributed by atoms with van der Waals surface area (Å²) in [5.74, 6) is 0.860. The van der Waals surface area contributed by atoms with Crippen molar-refractivity contribution in [1.29, 1.82) is 0 Å². The summed E-state index contributed by atoms with van der Waals surface area (Å²) < 4.78 is 57.0. The van der Waals surface area contributed by atoms with Crippen LogP contribution in [0, 0.1) is 11.8 Å². The first-order valence-electron chi connectivity index (χ1n) is 12.1. The smallest absolute Gasteiger partial charge is 0.241 e. The summed E-state index contributed by atoms with van der Waals surface area (Å²) in [4.78, 5) is 5.03. The zero-order valence-electron chi connectivity index (χ0n) is 20.0. The van der Waals surface area contributed by atoms with Gasteiger partial charge in [-0.2, -0.15) is 8.61 Å². The molecule has 188 valence electrons. The van der Waals surface area contributed by atoms with Crippen LogP contribution in [0.25, 0.3) is 10.2 Å². The SMILES string of the molecule is C[C@@H]1C[C@H](C)CN(S(=O)(=O)c2ccc(S(=O)(=O)N3CCC(c4nc5ccccc5s4)CC3)cc2)C1. The molecule has 0 N–H and O–H groups in total. The highest BCUT2D eigenvalue weighted by atomic mass is 32.2. The molecule has 0 saturated carbocycles. The summed E-state index contributed by atoms with van der Waals surface area (Å²) in [6.07, 6.45) is 2.45. The molecule has 3 heterocycles. The standard InChI is InChI=1S/C25H31N3O4S3/c1-18-15-19(2)17-28(16-18)35(31,32)22-9-7-21(8-10-22)34(29,30)27-13-11-20(12-14-27)25-26-23-5-3-4-6-24(23)33-25/h3-10,18-20H,11-17H2,1-2H3/t18-,19+. The monoisotopic (exact) mass is 533 g/mol. The average molecular weight is 534 g/mol. The summed E-state index contributed by atoms with van der Waals surface area (Å²) in [7, 11) is -7.33. The second-order valence-corrected chi connectivity index (χ2v) is 14.9. The number of nitrogens with zero attached hydrogens (tertiary/aromatic N) is 3. The topological polar surface area (TPSA) is 87.7 Å². The van der Waals surface area contributed by atoms with E-state index in [0.717, 1.165) is 34.5 Å². The number of hydrogen-bond donors (Lipinski definition) is 0. The number of benzene rings is 2. The summed E-state index contributed by atoms with van der Waals surface area (Å²) in [6, 6.07) is 13.8. The van der Waals surface area contributed by atoms with Crippen LogP contribution in [0.1, 0.15) is 44.0 Å². The molecule has 2 aromatic carbocycles. The molecule has 3 aromatic rings. The summed E-state index contributed by atoms with van der Waals surface area (Å²) in [5.41, 5.74) is 0.992. The second-order valence-electron chi connectivity index (χ2n) is 9.94. The normalized spacial score (nSPS) is 23.6. The van der Waals surface area contributed by atoms with Crippen LogP contribution in [-0.2, 0) is 20.0 Å². The van der Waals surface area contributed by atoms with E-state index in [0.29, 0.717) is 38.0 Å². The van der Waals surface area contributed by atoms with E-state index in [9.17, 15) is 16.8 Å². The maximum Gasteiger partial charge on any atom is 0.243 e. The van der Waals surface area contributed by atoms with Gasteiger partial charge in [0.15, 0.2) is 0 Å². The van der Waals surface area contributed by atoms with Crippen LogP contribution >= 0.6 is 11.3 Å². The fraction of sp³-hybridized carbons (Fsp3) is 0.480. The molecule has 7 nitrogen and oxygen atoms in total. The number of hydrogen-bond acceptors (Lipinski definition) is 6. The fourth-order valence-electron chi connectivity index (χ4n) is 5.29. The number of aromatic nitrogens is 1. The highest BCUT2D eigenvalue weighted by Gasteiger charge is 2.34. The van der Waals surface area contributed by atoms with Crippen LogP contribution in [0.3, 0.4) is 0 Å². The molecule has 10 heteroatoms. The molecular formula is C25H31N3O4S3. The molecule has 1 aromatic heterocycles. The predicted molar refractivity (Wildman–Crippen MR) is 138 cm³/mol. The summed E-state index contributed by atoms with van der Waals surface area (Å²) in [6.45, 7) is 5.97. The maximum absolute atomic E-state index is 13.3. The minimum atomic E-state index is -3.69. The van der Waals surface area contributed by atoms with E-state index in [1.165, 1.54) is 32.9 Å². The Morgan fingerprint density at radius 2 is 1.34 bits per heavy atom. The van der Waals surface area contributed by atoms with Gasteiger partial charge in [-0.25, -0.2) is 21.8 Å². The average Bonchev–Trinajstić information content (AvgIpc) is 3.28. The molecular weight excluding hydrogens is 502 g/mol. The van der Waals surface area contributed by atoms with Crippen molar-refractivity contribution in [2.24, 2.45) is 11.8 Å². The van der Waals surface area contributed by atoms with Crippen LogP contribution < -0.4 is 0 Å². The molecule has 0 amide bonds. The molecule has 0 bridgehead atoms. The van der Waals surface area contributed by atoms with Crippen LogP contribution in [0.5, 0.6) is 0 Å². The molecule has 2 fully saturated rings. The van der Waals surface area contributed by atoms with Crippen molar-refractivity contribution in [2.45, 2.75) is 48.8 Å². The van der Waals surface area contributed by atoms with Crippen molar-refractivity contribution < 1.29 is 16.8 Å². The lowest BCUT2D eigenvalue weighted by Gasteiger charge is -2.34. The molecule has 35 heavy (non-hydrogen) atoms. The van der Waals surface area contributed by atoms with E-state index in [1.807, 2.05) is 18.2 Å². The van der Waals surface area contributed by atoms with Gasteiger partial charge in [-0.1, -0.05) is 26.0 Å². The lowest BCUT2D eigenvalue weighted by Crippen LogP contribution is -2.42. The van der Waals surface area contributed by atoms with Gasteiger partial charge in [0.2, 0.25) is 20.0 Å². The molecule has 0 spiro atoms. The zero-order valence-corrected chi connectivity index (χ0v) is 22.4. The lowest BCUT2D eigenvalue weighted by molar-refractivity contribution is 0.222. The number of fused-ring (bicyclic) bond motifs is 1. The Hall–Kier alpha value is -1.85. The van der Waals surface area contributed by atoms with Crippen molar-refractivity contribution >= 4 is 41.6 Å². The van der Waals surface area contributed by atoms with Crippen molar-refractivity contribution in [2.75, 3.05) is 26.2 Å². The number of piperidine rings is 2. The highest BCUT2D eigenvalue weighted by Crippen LogP contribution is 2.35. The lowest BCUT2D eigenvalue weighted by atomic mass is 9.94. The largest absolute Gasteiger partial charge is 0.243 e. The van der Waals surface area contributed by atoms with Crippen molar-refractivity contribution in [1.82, 2.24) is 13.6 Å². The molecule has 2 atom stereocenters. The number of sulfonamides is 2. The van der Waals surface area contributed by atoms with E-state index in [1.54, 1.807) is 11.3 Å². The first-order chi connectivity index (χ1) is 16.6. The Morgan fingerprint density at radius 1 is 0.800 bits per heavy atom. The maximum atomic E-state index is 13.3. The Labute approximate surface area is 211 Å². The van der Waals surface area contributed by atoms with Gasteiger partial charge in [-0.3, -0.25) is 0 Å². The van der Waals surface area contributed by atoms with E-state index in [2.05, 4.69) is 19.9 Å². The van der Waals surface area contributed by atoms with Gasteiger partial charge in [0.1, 0.15) is 0 Å². The fourth-order valence-corrected chi connectivity index (χ4v) is 9.58. The molecule has 0 aliphatic carbocycles. The Morgan fingerprint density at radius 3 is 1.91 bits per heavy atom. The van der Waals surface area contributed by atoms with Crippen molar-refractivity contribution in [3.05, 3.63) is 53.5 Å². The quantitative estimate of drug-likeness (QED) is 0.481. The third kappa shape index (κ3) is 4.91. The van der Waals surface area contributed by atoms with Gasteiger partial charge in [0.05, 0.1) is 25.0 Å². The Balaban J connectivity index is 1.28. The Bertz CT molecular complexity index is 1370. The van der Waals surface area contributed by atoms with E-state index in [4.69, 9.17) is 4.98 Å². The number of thiazole rings is 1. The summed E-state index contributed by atoms with van der Waals surface area (Å²) in [5, 5.41) is 1.07. The van der Waals surface area contributed by atoms with Gasteiger partial charge in [-0.05, 0) is 67.5 Å². The minimum Gasteiger partial charge on any atom is -0.241 e. The predicted octanol–water partition coefficient (Wildman–Crippen LogP) is 4.53. The molecule has 0 unspecified atom stereocenters. The summed E-state index contributed by atoms with van der Waals surface area (Å²) >= 11 is 1.68. The van der Waals surface area contributed by atoms with Gasteiger partial charge in [0.25, 0.3) is 0 Å². The van der Waals surface area contributed by atoms with E-state index < -0.39 is 20.0 Å². The molecule has 2 aliphatic heterocycles. The first-order valence-corrected chi connectivity index (χ1v) is 15.8. The van der Waals surface area contributed by atoms with E-state index >= 15 is 0 Å². The van der Waals surface area contributed by atoms with Crippen LogP contribution in [0.4, 0.5) is 0 Å². The number of para-hydroxylation sites is 1. The van der Waals surface area contributed by atoms with Crippen LogP contribution in [0.2, 0.25) is 0 Å². The minimum absolute atomic E-state index is 0.135. The van der Waals surface area contributed by atoms with Gasteiger partial charge in [0, 0.05) is 32.1 Å². The second kappa shape index (κ2) is 9.55. The molecule has 2 aliphatic rings. The first kappa shape index (κ1) is 24.8. The zero-order chi connectivity index (χ0) is 24.8. The molecule has 0 radical (unpaired) electrons. The number of rotatable bonds is 5. The van der Waals surface area contributed by atoms with Gasteiger partial charge >= 0.3 is 0 Å². The third-order valence-electron chi connectivity index (χ3n) is 7.05.